The van der Waals surface area contributed by atoms with Gasteiger partial charge in [-0.25, -0.2) is 4.98 Å². The molecule has 0 atom stereocenters. The summed E-state index contributed by atoms with van der Waals surface area (Å²) in [7, 11) is 1.56. The lowest BCUT2D eigenvalue weighted by Gasteiger charge is -2.08. The van der Waals surface area contributed by atoms with Crippen LogP contribution >= 0.6 is 0 Å². The van der Waals surface area contributed by atoms with Crippen molar-refractivity contribution in [2.45, 2.75) is 0 Å². The van der Waals surface area contributed by atoms with Crippen molar-refractivity contribution in [3.8, 4) is 35.1 Å². The first kappa shape index (κ1) is 15.8. The molecule has 0 aliphatic heterocycles. The lowest BCUT2D eigenvalue weighted by molar-refractivity contribution is 0.415. The van der Waals surface area contributed by atoms with Crippen LogP contribution in [-0.4, -0.2) is 26.9 Å². The summed E-state index contributed by atoms with van der Waals surface area (Å²) < 4.78 is 6.47. The van der Waals surface area contributed by atoms with Crippen molar-refractivity contribution in [2.75, 3.05) is 18.6 Å². The van der Waals surface area contributed by atoms with Crippen LogP contribution < -0.4 is 16.2 Å². The predicted molar refractivity (Wildman–Crippen MR) is 89.4 cm³/mol. The molecule has 0 aliphatic carbocycles. The van der Waals surface area contributed by atoms with Crippen LogP contribution in [0.3, 0.4) is 0 Å². The Morgan fingerprint density at radius 1 is 1.08 bits per heavy atom. The second-order valence-electron chi connectivity index (χ2n) is 4.94. The molecule has 9 heteroatoms. The standard InChI is InChI=1S/C16H12N8O/c1-25-11-4-2-9(3-5-11)13-12(7-18)15(20)23-24(13)16-21-8-10(6-17)14(19)22-16/h2-5,8H,1H3,(H2,20,23)(H2,19,21,22). The minimum atomic E-state index is 0.0146. The Morgan fingerprint density at radius 2 is 1.80 bits per heavy atom. The second-order valence-corrected chi connectivity index (χ2v) is 4.94. The highest BCUT2D eigenvalue weighted by Crippen LogP contribution is 2.30. The Morgan fingerprint density at radius 3 is 2.36 bits per heavy atom. The largest absolute Gasteiger partial charge is 0.497 e. The van der Waals surface area contributed by atoms with Gasteiger partial charge in [-0.15, -0.1) is 5.10 Å². The van der Waals surface area contributed by atoms with E-state index in [-0.39, 0.29) is 28.7 Å². The first-order valence-corrected chi connectivity index (χ1v) is 7.05. The first-order valence-electron chi connectivity index (χ1n) is 7.05. The monoisotopic (exact) mass is 332 g/mol. The van der Waals surface area contributed by atoms with E-state index < -0.39 is 0 Å². The first-order chi connectivity index (χ1) is 12.1. The minimum Gasteiger partial charge on any atom is -0.497 e. The van der Waals surface area contributed by atoms with Crippen molar-refractivity contribution in [3.63, 3.8) is 0 Å². The van der Waals surface area contributed by atoms with Crippen molar-refractivity contribution >= 4 is 11.6 Å². The molecular formula is C16H12N8O. The fourth-order valence-corrected chi connectivity index (χ4v) is 2.28. The Kier molecular flexibility index (Phi) is 3.90. The number of methoxy groups -OCH3 is 1. The quantitative estimate of drug-likeness (QED) is 0.726. The van der Waals surface area contributed by atoms with E-state index in [2.05, 4.69) is 15.1 Å². The molecule has 122 valence electrons. The van der Waals surface area contributed by atoms with Crippen LogP contribution in [-0.2, 0) is 0 Å². The average Bonchev–Trinajstić information content (AvgIpc) is 2.98. The summed E-state index contributed by atoms with van der Waals surface area (Å²) in [6.07, 6.45) is 1.29. The van der Waals surface area contributed by atoms with Gasteiger partial charge in [0.2, 0.25) is 0 Å². The van der Waals surface area contributed by atoms with Crippen molar-refractivity contribution < 1.29 is 4.74 Å². The Labute approximate surface area is 142 Å². The Hall–Kier alpha value is -4.11. The maximum absolute atomic E-state index is 9.44. The van der Waals surface area contributed by atoms with Crippen molar-refractivity contribution in [3.05, 3.63) is 41.6 Å². The van der Waals surface area contributed by atoms with E-state index in [1.165, 1.54) is 10.9 Å². The van der Waals surface area contributed by atoms with Crippen molar-refractivity contribution in [1.29, 1.82) is 10.5 Å². The number of nitriles is 2. The van der Waals surface area contributed by atoms with Gasteiger partial charge in [-0.2, -0.15) is 20.2 Å². The molecule has 1 aromatic carbocycles. The summed E-state index contributed by atoms with van der Waals surface area (Å²) in [6.45, 7) is 0. The number of nitrogen functional groups attached to an aromatic ring is 2. The fraction of sp³-hybridized carbons (Fsp3) is 0.0625. The van der Waals surface area contributed by atoms with Gasteiger partial charge < -0.3 is 16.2 Å². The number of anilines is 2. The number of nitrogens with zero attached hydrogens (tertiary/aromatic N) is 6. The lowest BCUT2D eigenvalue weighted by Crippen LogP contribution is -2.08. The molecule has 0 saturated heterocycles. The van der Waals surface area contributed by atoms with Gasteiger partial charge in [-0.1, -0.05) is 0 Å². The van der Waals surface area contributed by atoms with Gasteiger partial charge in [0.15, 0.2) is 5.82 Å². The molecule has 9 nitrogen and oxygen atoms in total. The number of benzene rings is 1. The minimum absolute atomic E-state index is 0.0146. The molecule has 3 rings (SSSR count). The second kappa shape index (κ2) is 6.18. The third-order valence-corrected chi connectivity index (χ3v) is 3.50. The SMILES string of the molecule is COc1ccc(-c2c(C#N)c(N)nn2-c2ncc(C#N)c(N)n2)cc1. The van der Waals surface area contributed by atoms with E-state index in [0.717, 1.165) is 0 Å². The number of aromatic nitrogens is 4. The zero-order valence-corrected chi connectivity index (χ0v) is 13.1. The van der Waals surface area contributed by atoms with Crippen molar-refractivity contribution in [1.82, 2.24) is 19.7 Å². The zero-order valence-electron chi connectivity index (χ0n) is 13.1. The molecule has 0 fully saturated rings. The van der Waals surface area contributed by atoms with Crippen LogP contribution in [0.25, 0.3) is 17.2 Å². The highest BCUT2D eigenvalue weighted by Gasteiger charge is 2.21. The van der Waals surface area contributed by atoms with Crippen LogP contribution in [0.5, 0.6) is 5.75 Å². The Balaban J connectivity index is 2.23. The molecule has 0 unspecified atom stereocenters. The summed E-state index contributed by atoms with van der Waals surface area (Å²) in [4.78, 5) is 8.16. The summed E-state index contributed by atoms with van der Waals surface area (Å²) in [5.41, 5.74) is 13.0. The van der Waals surface area contributed by atoms with Crippen LogP contribution in [0.4, 0.5) is 11.6 Å². The maximum atomic E-state index is 9.44. The lowest BCUT2D eigenvalue weighted by atomic mass is 10.1. The molecule has 0 saturated carbocycles. The van der Waals surface area contributed by atoms with Gasteiger partial charge >= 0.3 is 0 Å². The van der Waals surface area contributed by atoms with Gasteiger partial charge in [0.1, 0.15) is 34.8 Å². The van der Waals surface area contributed by atoms with E-state index in [4.69, 9.17) is 21.5 Å². The van der Waals surface area contributed by atoms with E-state index in [0.29, 0.717) is 17.0 Å². The van der Waals surface area contributed by atoms with Gasteiger partial charge in [-0.05, 0) is 24.3 Å². The summed E-state index contributed by atoms with van der Waals surface area (Å²) in [5, 5.41) is 22.5. The highest BCUT2D eigenvalue weighted by molar-refractivity contribution is 5.74. The number of hydrogen-bond acceptors (Lipinski definition) is 8. The maximum Gasteiger partial charge on any atom is 0.253 e. The topological polar surface area (TPSA) is 152 Å². The van der Waals surface area contributed by atoms with E-state index in [1.807, 2.05) is 12.1 Å². The molecule has 25 heavy (non-hydrogen) atoms. The predicted octanol–water partition coefficient (Wildman–Crippen LogP) is 1.25. The third-order valence-electron chi connectivity index (χ3n) is 3.50. The molecule has 0 radical (unpaired) electrons. The average molecular weight is 332 g/mol. The molecule has 0 amide bonds. The molecule has 2 heterocycles. The molecule has 0 bridgehead atoms. The number of hydrogen-bond donors (Lipinski definition) is 2. The van der Waals surface area contributed by atoms with Crippen LogP contribution in [0, 0.1) is 22.7 Å². The molecular weight excluding hydrogens is 320 g/mol. The fourth-order valence-electron chi connectivity index (χ4n) is 2.28. The molecule has 2 aromatic heterocycles. The zero-order chi connectivity index (χ0) is 18.0. The summed E-state index contributed by atoms with van der Waals surface area (Å²) in [6, 6.07) is 11.0. The molecule has 0 spiro atoms. The van der Waals surface area contributed by atoms with Crippen LogP contribution in [0.2, 0.25) is 0 Å². The van der Waals surface area contributed by atoms with Gasteiger partial charge in [0, 0.05) is 5.56 Å². The Bertz CT molecular complexity index is 1020. The highest BCUT2D eigenvalue weighted by atomic mass is 16.5. The molecule has 4 N–H and O–H groups in total. The van der Waals surface area contributed by atoms with E-state index in [1.54, 1.807) is 31.4 Å². The van der Waals surface area contributed by atoms with Crippen LogP contribution in [0.15, 0.2) is 30.5 Å². The smallest absolute Gasteiger partial charge is 0.253 e. The number of nitrogens with two attached hydrogens (primary N) is 2. The third kappa shape index (κ3) is 2.66. The number of ether oxygens (including phenoxy) is 1. The van der Waals surface area contributed by atoms with Gasteiger partial charge in [-0.3, -0.25) is 0 Å². The summed E-state index contributed by atoms with van der Waals surface area (Å²) in [5.74, 6) is 0.830. The number of rotatable bonds is 3. The van der Waals surface area contributed by atoms with E-state index >= 15 is 0 Å². The van der Waals surface area contributed by atoms with E-state index in [9.17, 15) is 5.26 Å². The summed E-state index contributed by atoms with van der Waals surface area (Å²) >= 11 is 0. The van der Waals surface area contributed by atoms with Crippen LogP contribution in [0.1, 0.15) is 11.1 Å². The molecule has 3 aromatic rings. The van der Waals surface area contributed by atoms with Crippen molar-refractivity contribution in [2.24, 2.45) is 0 Å². The van der Waals surface area contributed by atoms with Gasteiger partial charge in [0.05, 0.1) is 19.0 Å². The normalized spacial score (nSPS) is 10.0. The van der Waals surface area contributed by atoms with Gasteiger partial charge in [0.25, 0.3) is 5.95 Å². The molecule has 0 aliphatic rings.